The summed E-state index contributed by atoms with van der Waals surface area (Å²) < 4.78 is 27.8. The molecule has 0 aromatic heterocycles. The fraction of sp³-hybridized carbons (Fsp3) is 0.316. The minimum absolute atomic E-state index is 0.0409. The van der Waals surface area contributed by atoms with Crippen molar-refractivity contribution >= 4 is 22.3 Å². The van der Waals surface area contributed by atoms with E-state index in [1.807, 2.05) is 30.3 Å². The molecular weight excluding hydrogens is 338 g/mol. The average Bonchev–Trinajstić information content (AvgIpc) is 2.62. The Kier molecular flexibility index (Phi) is 5.38. The number of anilines is 1. The van der Waals surface area contributed by atoms with Gasteiger partial charge in [0.25, 0.3) is 0 Å². The third kappa shape index (κ3) is 4.02. The van der Waals surface area contributed by atoms with E-state index in [2.05, 4.69) is 6.07 Å². The van der Waals surface area contributed by atoms with Gasteiger partial charge in [0.2, 0.25) is 5.91 Å². The fourth-order valence-electron chi connectivity index (χ4n) is 3.04. The van der Waals surface area contributed by atoms with Crippen molar-refractivity contribution in [1.82, 2.24) is 0 Å². The van der Waals surface area contributed by atoms with Gasteiger partial charge in [-0.3, -0.25) is 4.79 Å². The minimum atomic E-state index is -2.59. The van der Waals surface area contributed by atoms with Crippen molar-refractivity contribution in [3.8, 4) is 16.9 Å². The largest absolute Gasteiger partial charge is 0.497 e. The summed E-state index contributed by atoms with van der Waals surface area (Å²) in [5.41, 5.74) is 3.00. The van der Waals surface area contributed by atoms with Gasteiger partial charge in [-0.25, -0.2) is 8.42 Å². The molecule has 0 bridgehead atoms. The van der Waals surface area contributed by atoms with Crippen molar-refractivity contribution in [2.24, 2.45) is 0 Å². The summed E-state index contributed by atoms with van der Waals surface area (Å²) in [6.45, 7) is 0.622. The molecule has 0 aliphatic carbocycles. The number of thiol groups is 1. The SMILES string of the molecule is COc1ccc(-c2[c]cc(N3CCCCC3=O)c(C[SH](=O)=O)c2)cc1. The lowest BCUT2D eigenvalue weighted by molar-refractivity contribution is -0.119. The van der Waals surface area contributed by atoms with Crippen LogP contribution < -0.4 is 9.64 Å². The second-order valence-electron chi connectivity index (χ2n) is 5.98. The molecule has 5 nitrogen and oxygen atoms in total. The smallest absolute Gasteiger partial charge is 0.226 e. The van der Waals surface area contributed by atoms with Crippen LogP contribution in [0.4, 0.5) is 5.69 Å². The molecule has 1 radical (unpaired) electrons. The van der Waals surface area contributed by atoms with Crippen molar-refractivity contribution < 1.29 is 17.9 Å². The number of carbonyl (C=O) groups excluding carboxylic acids is 1. The molecule has 6 heteroatoms. The molecule has 0 atom stereocenters. The number of carbonyl (C=O) groups is 1. The number of rotatable bonds is 5. The van der Waals surface area contributed by atoms with Crippen LogP contribution in [0.1, 0.15) is 24.8 Å². The van der Waals surface area contributed by atoms with Gasteiger partial charge in [0, 0.05) is 18.7 Å². The standard InChI is InChI=1S/C19H20NO4S/c1-24-17-8-5-14(6-9-17)15-7-10-18(16(12-15)13-25(22)23)20-11-3-2-4-19(20)21/h5-6,8-10,12,25H,2-4,11,13H2,1H3. The maximum atomic E-state index is 12.2. The van der Waals surface area contributed by atoms with E-state index in [-0.39, 0.29) is 11.7 Å². The van der Waals surface area contributed by atoms with Gasteiger partial charge >= 0.3 is 0 Å². The van der Waals surface area contributed by atoms with Gasteiger partial charge in [0.15, 0.2) is 0 Å². The second kappa shape index (κ2) is 7.70. The van der Waals surface area contributed by atoms with E-state index in [0.29, 0.717) is 24.2 Å². The Balaban J connectivity index is 2.00. The van der Waals surface area contributed by atoms with Gasteiger partial charge in [-0.15, -0.1) is 0 Å². The number of piperidine rings is 1. The predicted octanol–water partition coefficient (Wildman–Crippen LogP) is 2.79. The molecule has 0 saturated carbocycles. The van der Waals surface area contributed by atoms with E-state index in [9.17, 15) is 13.2 Å². The third-order valence-corrected chi connectivity index (χ3v) is 4.93. The quantitative estimate of drug-likeness (QED) is 0.835. The molecule has 1 heterocycles. The van der Waals surface area contributed by atoms with Gasteiger partial charge in [-0.2, -0.15) is 0 Å². The number of benzene rings is 2. The number of hydrogen-bond acceptors (Lipinski definition) is 4. The van der Waals surface area contributed by atoms with Crippen LogP contribution in [0.15, 0.2) is 36.4 Å². The molecule has 1 fully saturated rings. The van der Waals surface area contributed by atoms with Crippen molar-refractivity contribution in [2.75, 3.05) is 18.6 Å². The lowest BCUT2D eigenvalue weighted by Crippen LogP contribution is -2.35. The molecule has 1 aliphatic rings. The van der Waals surface area contributed by atoms with Crippen LogP contribution >= 0.6 is 0 Å². The van der Waals surface area contributed by atoms with Crippen LogP contribution in [-0.4, -0.2) is 28.0 Å². The first kappa shape index (κ1) is 17.5. The van der Waals surface area contributed by atoms with Crippen LogP contribution in [0.5, 0.6) is 5.75 Å². The molecule has 3 rings (SSSR count). The summed E-state index contributed by atoms with van der Waals surface area (Å²) in [5, 5.41) is 0. The predicted molar refractivity (Wildman–Crippen MR) is 97.5 cm³/mol. The molecule has 1 aliphatic heterocycles. The molecule has 2 aromatic rings. The first-order valence-electron chi connectivity index (χ1n) is 8.19. The monoisotopic (exact) mass is 358 g/mol. The summed E-state index contributed by atoms with van der Waals surface area (Å²) in [6, 6.07) is 14.2. The first-order chi connectivity index (χ1) is 12.1. The zero-order valence-corrected chi connectivity index (χ0v) is 14.9. The summed E-state index contributed by atoms with van der Waals surface area (Å²) >= 11 is 0. The van der Waals surface area contributed by atoms with E-state index >= 15 is 0 Å². The normalized spacial score (nSPS) is 14.8. The minimum Gasteiger partial charge on any atom is -0.497 e. The molecule has 1 saturated heterocycles. The van der Waals surface area contributed by atoms with Crippen molar-refractivity contribution in [3.63, 3.8) is 0 Å². The first-order valence-corrected chi connectivity index (χ1v) is 9.56. The number of hydrogen-bond donors (Lipinski definition) is 1. The highest BCUT2D eigenvalue weighted by atomic mass is 32.2. The highest BCUT2D eigenvalue weighted by Gasteiger charge is 2.22. The maximum Gasteiger partial charge on any atom is 0.226 e. The molecule has 1 amide bonds. The summed E-state index contributed by atoms with van der Waals surface area (Å²) in [6.07, 6.45) is 2.31. The van der Waals surface area contributed by atoms with Gasteiger partial charge in [0.05, 0.1) is 12.9 Å². The van der Waals surface area contributed by atoms with E-state index in [1.54, 1.807) is 18.1 Å². The molecule has 131 valence electrons. The Labute approximate surface area is 149 Å². The lowest BCUT2D eigenvalue weighted by atomic mass is 10.0. The van der Waals surface area contributed by atoms with Crippen LogP contribution in [0, 0.1) is 6.07 Å². The Morgan fingerprint density at radius 1 is 1.20 bits per heavy atom. The maximum absolute atomic E-state index is 12.2. The van der Waals surface area contributed by atoms with E-state index in [1.165, 1.54) is 0 Å². The molecular formula is C19H20NO4S. The Morgan fingerprint density at radius 3 is 2.60 bits per heavy atom. The van der Waals surface area contributed by atoms with E-state index in [4.69, 9.17) is 4.74 Å². The van der Waals surface area contributed by atoms with Gasteiger partial charge in [-0.1, -0.05) is 12.1 Å². The second-order valence-corrected chi connectivity index (χ2v) is 6.96. The number of methoxy groups -OCH3 is 1. The summed E-state index contributed by atoms with van der Waals surface area (Å²) in [7, 11) is -0.984. The zero-order valence-electron chi connectivity index (χ0n) is 14.0. The Hall–Kier alpha value is -2.34. The van der Waals surface area contributed by atoms with Crippen LogP contribution in [-0.2, 0) is 21.3 Å². The van der Waals surface area contributed by atoms with Crippen LogP contribution in [0.3, 0.4) is 0 Å². The number of ether oxygens (including phenoxy) is 1. The summed E-state index contributed by atoms with van der Waals surface area (Å²) in [5.74, 6) is 0.702. The average molecular weight is 358 g/mol. The molecule has 0 spiro atoms. The van der Waals surface area contributed by atoms with Crippen molar-refractivity contribution in [2.45, 2.75) is 25.0 Å². The third-order valence-electron chi connectivity index (χ3n) is 4.33. The van der Waals surface area contributed by atoms with E-state index in [0.717, 1.165) is 29.7 Å². The zero-order chi connectivity index (χ0) is 17.8. The van der Waals surface area contributed by atoms with Gasteiger partial charge in [-0.05, 0) is 59.9 Å². The molecule has 25 heavy (non-hydrogen) atoms. The number of amides is 1. The van der Waals surface area contributed by atoms with Gasteiger partial charge in [0.1, 0.15) is 16.5 Å². The van der Waals surface area contributed by atoms with Crippen LogP contribution in [0.2, 0.25) is 0 Å². The Morgan fingerprint density at radius 2 is 1.96 bits per heavy atom. The highest BCUT2D eigenvalue weighted by molar-refractivity contribution is 7.71. The van der Waals surface area contributed by atoms with Crippen molar-refractivity contribution in [3.05, 3.63) is 48.0 Å². The van der Waals surface area contributed by atoms with E-state index < -0.39 is 10.7 Å². The van der Waals surface area contributed by atoms with Crippen molar-refractivity contribution in [1.29, 1.82) is 0 Å². The molecule has 0 unspecified atom stereocenters. The fourth-order valence-corrected chi connectivity index (χ4v) is 3.57. The van der Waals surface area contributed by atoms with Crippen LogP contribution in [0.25, 0.3) is 11.1 Å². The molecule has 0 N–H and O–H groups in total. The number of nitrogens with zero attached hydrogens (tertiary/aromatic N) is 1. The highest BCUT2D eigenvalue weighted by Crippen LogP contribution is 2.30. The Bertz CT molecular complexity index is 835. The molecule has 2 aromatic carbocycles. The topological polar surface area (TPSA) is 63.7 Å². The summed E-state index contributed by atoms with van der Waals surface area (Å²) in [4.78, 5) is 13.9. The lowest BCUT2D eigenvalue weighted by Gasteiger charge is -2.28. The van der Waals surface area contributed by atoms with Gasteiger partial charge < -0.3 is 9.64 Å².